The van der Waals surface area contributed by atoms with Crippen molar-refractivity contribution in [2.24, 2.45) is 4.99 Å². The second-order valence-corrected chi connectivity index (χ2v) is 6.00. The Balaban J connectivity index is 1.53. The predicted molar refractivity (Wildman–Crippen MR) is 85.5 cm³/mol. The zero-order chi connectivity index (χ0) is 15.4. The van der Waals surface area contributed by atoms with Crippen molar-refractivity contribution in [3.8, 4) is 0 Å². The van der Waals surface area contributed by atoms with Crippen LogP contribution in [0, 0.1) is 5.82 Å². The van der Waals surface area contributed by atoms with Gasteiger partial charge in [-0.05, 0) is 50.3 Å². The molecule has 2 aliphatic rings. The topological polar surface area (TPSA) is 45.7 Å². The molecule has 2 fully saturated rings. The number of guanidine groups is 1. The van der Waals surface area contributed by atoms with Crippen LogP contribution in [0.25, 0.3) is 0 Å². The second kappa shape index (κ2) is 7.09. The van der Waals surface area contributed by atoms with Crippen molar-refractivity contribution in [3.63, 3.8) is 0 Å². The van der Waals surface area contributed by atoms with E-state index < -0.39 is 0 Å². The van der Waals surface area contributed by atoms with Crippen LogP contribution >= 0.6 is 0 Å². The summed E-state index contributed by atoms with van der Waals surface area (Å²) < 4.78 is 19.0. The maximum atomic E-state index is 13.2. The number of hydrogen-bond acceptors (Lipinski definition) is 2. The van der Waals surface area contributed by atoms with E-state index in [9.17, 15) is 4.39 Å². The predicted octanol–water partition coefficient (Wildman–Crippen LogP) is 2.24. The van der Waals surface area contributed by atoms with Gasteiger partial charge in [-0.2, -0.15) is 0 Å². The number of hydrogen-bond donors (Lipinski definition) is 2. The molecule has 22 heavy (non-hydrogen) atoms. The summed E-state index contributed by atoms with van der Waals surface area (Å²) in [5, 5.41) is 6.76. The van der Waals surface area contributed by atoms with Gasteiger partial charge in [-0.1, -0.05) is 12.1 Å². The Labute approximate surface area is 131 Å². The lowest BCUT2D eigenvalue weighted by molar-refractivity contribution is 0.0992. The summed E-state index contributed by atoms with van der Waals surface area (Å²) in [7, 11) is 0. The van der Waals surface area contributed by atoms with Crippen molar-refractivity contribution in [1.82, 2.24) is 10.6 Å². The van der Waals surface area contributed by atoms with E-state index in [1.807, 2.05) is 6.07 Å². The first-order chi connectivity index (χ1) is 10.7. The van der Waals surface area contributed by atoms with E-state index in [1.54, 1.807) is 12.1 Å². The second-order valence-electron chi connectivity index (χ2n) is 6.00. The number of nitrogens with one attached hydrogen (secondary N) is 2. The van der Waals surface area contributed by atoms with Crippen molar-refractivity contribution in [1.29, 1.82) is 0 Å². The van der Waals surface area contributed by atoms with Crippen LogP contribution in [-0.2, 0) is 11.2 Å². The summed E-state index contributed by atoms with van der Waals surface area (Å²) in [5.74, 6) is 0.644. The number of nitrogens with zero attached hydrogens (tertiary/aromatic N) is 1. The van der Waals surface area contributed by atoms with Crippen LogP contribution in [0.5, 0.6) is 0 Å². The SMILES string of the molecule is CCNC(=NCCc1cccc(F)c1)NC1CC2CCC1O2. The van der Waals surface area contributed by atoms with Crippen LogP contribution in [0.3, 0.4) is 0 Å². The molecular weight excluding hydrogens is 281 g/mol. The standard InChI is InChI=1S/C17H24FN3O/c1-2-19-17(21-15-11-14-6-7-16(15)22-14)20-9-8-12-4-3-5-13(18)10-12/h3-5,10,14-16H,2,6-9,11H2,1H3,(H2,19,20,21). The van der Waals surface area contributed by atoms with Gasteiger partial charge in [-0.25, -0.2) is 4.39 Å². The molecule has 0 spiro atoms. The van der Waals surface area contributed by atoms with Crippen LogP contribution in [0.2, 0.25) is 0 Å². The lowest BCUT2D eigenvalue weighted by Gasteiger charge is -2.22. The summed E-state index contributed by atoms with van der Waals surface area (Å²) in [6.07, 6.45) is 4.90. The normalized spacial score (nSPS) is 27.2. The average molecular weight is 305 g/mol. The van der Waals surface area contributed by atoms with Gasteiger partial charge < -0.3 is 15.4 Å². The van der Waals surface area contributed by atoms with E-state index in [0.29, 0.717) is 24.8 Å². The van der Waals surface area contributed by atoms with Crippen molar-refractivity contribution >= 4 is 5.96 Å². The van der Waals surface area contributed by atoms with E-state index in [1.165, 1.54) is 12.5 Å². The van der Waals surface area contributed by atoms with Crippen LogP contribution < -0.4 is 10.6 Å². The fourth-order valence-corrected chi connectivity index (χ4v) is 3.27. The summed E-state index contributed by atoms with van der Waals surface area (Å²) in [4.78, 5) is 4.60. The molecule has 0 amide bonds. The zero-order valence-corrected chi connectivity index (χ0v) is 13.0. The van der Waals surface area contributed by atoms with Gasteiger partial charge >= 0.3 is 0 Å². The third kappa shape index (κ3) is 3.77. The molecule has 0 aromatic heterocycles. The monoisotopic (exact) mass is 305 g/mol. The van der Waals surface area contributed by atoms with Gasteiger partial charge in [0.1, 0.15) is 5.82 Å². The van der Waals surface area contributed by atoms with Crippen molar-refractivity contribution in [3.05, 3.63) is 35.6 Å². The van der Waals surface area contributed by atoms with Gasteiger partial charge in [0.2, 0.25) is 0 Å². The number of halogens is 1. The molecule has 3 unspecified atom stereocenters. The highest BCUT2D eigenvalue weighted by Crippen LogP contribution is 2.34. The number of ether oxygens (including phenoxy) is 1. The Bertz CT molecular complexity index is 534. The van der Waals surface area contributed by atoms with Crippen LogP contribution in [0.4, 0.5) is 4.39 Å². The highest BCUT2D eigenvalue weighted by Gasteiger charge is 2.41. The quantitative estimate of drug-likeness (QED) is 0.648. The fraction of sp³-hybridized carbons (Fsp3) is 0.588. The fourth-order valence-electron chi connectivity index (χ4n) is 3.27. The molecular formula is C17H24FN3O. The highest BCUT2D eigenvalue weighted by atomic mass is 19.1. The molecule has 2 heterocycles. The van der Waals surface area contributed by atoms with Gasteiger partial charge in [-0.3, -0.25) is 4.99 Å². The number of fused-ring (bicyclic) bond motifs is 2. The Morgan fingerprint density at radius 3 is 3.00 bits per heavy atom. The number of aliphatic imine (C=N–C) groups is 1. The molecule has 2 saturated heterocycles. The van der Waals surface area contributed by atoms with Crippen LogP contribution in [0.1, 0.15) is 31.7 Å². The van der Waals surface area contributed by atoms with E-state index in [-0.39, 0.29) is 5.82 Å². The van der Waals surface area contributed by atoms with Gasteiger partial charge in [-0.15, -0.1) is 0 Å². The molecule has 1 aromatic carbocycles. The molecule has 0 aliphatic carbocycles. The smallest absolute Gasteiger partial charge is 0.191 e. The summed E-state index contributed by atoms with van der Waals surface area (Å²) in [5.41, 5.74) is 0.975. The maximum Gasteiger partial charge on any atom is 0.191 e. The largest absolute Gasteiger partial charge is 0.373 e. The molecule has 2 N–H and O–H groups in total. The molecule has 120 valence electrons. The molecule has 0 saturated carbocycles. The Morgan fingerprint density at radius 1 is 1.41 bits per heavy atom. The minimum atomic E-state index is -0.189. The molecule has 1 aromatic rings. The Morgan fingerprint density at radius 2 is 2.32 bits per heavy atom. The summed E-state index contributed by atoms with van der Waals surface area (Å²) in [6.45, 7) is 3.52. The number of benzene rings is 1. The van der Waals surface area contributed by atoms with Gasteiger partial charge in [0.05, 0.1) is 18.2 Å². The number of rotatable bonds is 5. The molecule has 0 radical (unpaired) electrons. The van der Waals surface area contributed by atoms with E-state index in [0.717, 1.165) is 37.3 Å². The van der Waals surface area contributed by atoms with E-state index in [2.05, 4.69) is 22.5 Å². The van der Waals surface area contributed by atoms with Crippen molar-refractivity contribution in [2.45, 2.75) is 50.9 Å². The Hall–Kier alpha value is -1.62. The molecule has 2 aliphatic heterocycles. The van der Waals surface area contributed by atoms with E-state index >= 15 is 0 Å². The third-order valence-corrected chi connectivity index (χ3v) is 4.33. The van der Waals surface area contributed by atoms with Crippen molar-refractivity contribution < 1.29 is 9.13 Å². The first kappa shape index (κ1) is 15.3. The molecule has 3 atom stereocenters. The molecule has 5 heteroatoms. The van der Waals surface area contributed by atoms with Gasteiger partial charge in [0, 0.05) is 13.1 Å². The van der Waals surface area contributed by atoms with Crippen molar-refractivity contribution in [2.75, 3.05) is 13.1 Å². The zero-order valence-electron chi connectivity index (χ0n) is 13.0. The molecule has 3 rings (SSSR count). The minimum Gasteiger partial charge on any atom is -0.373 e. The van der Waals surface area contributed by atoms with Crippen LogP contribution in [0.15, 0.2) is 29.3 Å². The lowest BCUT2D eigenvalue weighted by atomic mass is 9.96. The highest BCUT2D eigenvalue weighted by molar-refractivity contribution is 5.80. The minimum absolute atomic E-state index is 0.189. The van der Waals surface area contributed by atoms with E-state index in [4.69, 9.17) is 4.74 Å². The summed E-state index contributed by atoms with van der Waals surface area (Å²) in [6, 6.07) is 7.08. The molecule has 4 nitrogen and oxygen atoms in total. The maximum absolute atomic E-state index is 13.2. The third-order valence-electron chi connectivity index (χ3n) is 4.33. The first-order valence-corrected chi connectivity index (χ1v) is 8.19. The summed E-state index contributed by atoms with van der Waals surface area (Å²) >= 11 is 0. The van der Waals surface area contributed by atoms with Crippen LogP contribution in [-0.4, -0.2) is 37.3 Å². The molecule has 2 bridgehead atoms. The Kier molecular flexibility index (Phi) is 4.93. The lowest BCUT2D eigenvalue weighted by Crippen LogP contribution is -2.47. The van der Waals surface area contributed by atoms with Gasteiger partial charge in [0.15, 0.2) is 5.96 Å². The first-order valence-electron chi connectivity index (χ1n) is 8.19. The van der Waals surface area contributed by atoms with Gasteiger partial charge in [0.25, 0.3) is 0 Å². The average Bonchev–Trinajstić information content (AvgIpc) is 3.10.